The first kappa shape index (κ1) is 11.2. The van der Waals surface area contributed by atoms with Crippen LogP contribution in [0, 0.1) is 0 Å². The van der Waals surface area contributed by atoms with Gasteiger partial charge in [-0.25, -0.2) is 16.8 Å². The topological polar surface area (TPSA) is 101 Å². The molecule has 0 aromatic heterocycles. The van der Waals surface area contributed by atoms with Crippen LogP contribution in [0.5, 0.6) is 0 Å². The summed E-state index contributed by atoms with van der Waals surface area (Å²) in [5, 5.41) is -0.978. The third-order valence-corrected chi connectivity index (χ3v) is 4.28. The van der Waals surface area contributed by atoms with Gasteiger partial charge in [-0.05, 0) is 0 Å². The van der Waals surface area contributed by atoms with Gasteiger partial charge in [-0.2, -0.15) is 0 Å². The Hall–Kier alpha value is 0.110. The van der Waals surface area contributed by atoms with Crippen molar-refractivity contribution in [1.29, 1.82) is 0 Å². The largest absolute Gasteiger partial charge is 0.726 e. The van der Waals surface area contributed by atoms with E-state index < -0.39 is 37.5 Å². The highest BCUT2D eigenvalue weighted by molar-refractivity contribution is 7.91. The summed E-state index contributed by atoms with van der Waals surface area (Å²) in [6.07, 6.45) is -1.26. The first-order valence-corrected chi connectivity index (χ1v) is 6.77. The molecule has 0 bridgehead atoms. The molecule has 0 aliphatic carbocycles. The van der Waals surface area contributed by atoms with Gasteiger partial charge in [0, 0.05) is 0 Å². The van der Waals surface area contributed by atoms with Crippen molar-refractivity contribution >= 4 is 31.8 Å². The van der Waals surface area contributed by atoms with Crippen LogP contribution in [0.15, 0.2) is 0 Å². The Morgan fingerprint density at radius 3 is 2.23 bits per heavy atom. The SMILES string of the molecule is O=S1(=O)CC(Cl)C(OS(=O)(=O)[O-])C1. The highest BCUT2D eigenvalue weighted by Crippen LogP contribution is 2.21. The Bertz CT molecular complexity index is 383. The van der Waals surface area contributed by atoms with Gasteiger partial charge in [-0.15, -0.1) is 11.6 Å². The molecule has 1 aliphatic rings. The third kappa shape index (κ3) is 3.39. The van der Waals surface area contributed by atoms with Gasteiger partial charge in [0.2, 0.25) is 10.4 Å². The van der Waals surface area contributed by atoms with E-state index in [1.807, 2.05) is 0 Å². The first-order valence-electron chi connectivity index (χ1n) is 3.18. The lowest BCUT2D eigenvalue weighted by Gasteiger charge is -2.14. The lowest BCUT2D eigenvalue weighted by atomic mass is 10.3. The van der Waals surface area contributed by atoms with Gasteiger partial charge < -0.3 is 4.55 Å². The predicted octanol–water partition coefficient (Wildman–Crippen LogP) is -1.13. The molecular formula is C4H6ClO6S2-. The number of hydrogen-bond donors (Lipinski definition) is 0. The van der Waals surface area contributed by atoms with E-state index >= 15 is 0 Å². The smallest absolute Gasteiger partial charge is 0.217 e. The zero-order chi connectivity index (χ0) is 10.3. The molecule has 1 saturated heterocycles. The van der Waals surface area contributed by atoms with Crippen LogP contribution in [-0.2, 0) is 24.4 Å². The van der Waals surface area contributed by atoms with Crippen molar-refractivity contribution < 1.29 is 25.6 Å². The van der Waals surface area contributed by atoms with Crippen LogP contribution < -0.4 is 0 Å². The quantitative estimate of drug-likeness (QED) is 0.349. The van der Waals surface area contributed by atoms with Gasteiger partial charge >= 0.3 is 0 Å². The average Bonchev–Trinajstić information content (AvgIpc) is 2.00. The molecule has 0 saturated carbocycles. The summed E-state index contributed by atoms with van der Waals surface area (Å²) in [7, 11) is -8.27. The lowest BCUT2D eigenvalue weighted by Crippen LogP contribution is -2.25. The number of alkyl halides is 1. The van der Waals surface area contributed by atoms with Crippen LogP contribution in [0.25, 0.3) is 0 Å². The number of hydrogen-bond acceptors (Lipinski definition) is 6. The first-order chi connectivity index (χ1) is 5.70. The Labute approximate surface area is 80.7 Å². The Balaban J connectivity index is 2.76. The number of sulfone groups is 1. The van der Waals surface area contributed by atoms with E-state index in [-0.39, 0.29) is 5.75 Å². The zero-order valence-corrected chi connectivity index (χ0v) is 8.60. The zero-order valence-electron chi connectivity index (χ0n) is 6.21. The minimum absolute atomic E-state index is 0.366. The van der Waals surface area contributed by atoms with Crippen LogP contribution >= 0.6 is 11.6 Å². The summed E-state index contributed by atoms with van der Waals surface area (Å²) in [5.41, 5.74) is 0. The fourth-order valence-corrected chi connectivity index (χ4v) is 4.12. The summed E-state index contributed by atoms with van der Waals surface area (Å²) >= 11 is 5.46. The molecule has 0 radical (unpaired) electrons. The van der Waals surface area contributed by atoms with Gasteiger partial charge in [0.1, 0.15) is 6.10 Å². The van der Waals surface area contributed by atoms with E-state index in [1.165, 1.54) is 0 Å². The van der Waals surface area contributed by atoms with Crippen LogP contribution in [-0.4, -0.2) is 44.4 Å². The van der Waals surface area contributed by atoms with Crippen molar-refractivity contribution in [3.8, 4) is 0 Å². The minimum Gasteiger partial charge on any atom is -0.726 e. The normalized spacial score (nSPS) is 33.4. The molecule has 1 aliphatic heterocycles. The van der Waals surface area contributed by atoms with Crippen molar-refractivity contribution in [2.75, 3.05) is 11.5 Å². The Morgan fingerprint density at radius 1 is 1.38 bits per heavy atom. The molecule has 0 aromatic carbocycles. The molecule has 0 N–H and O–H groups in total. The van der Waals surface area contributed by atoms with E-state index in [0.29, 0.717) is 0 Å². The molecule has 2 unspecified atom stereocenters. The molecule has 1 fully saturated rings. The van der Waals surface area contributed by atoms with Crippen molar-refractivity contribution in [3.63, 3.8) is 0 Å². The molecule has 2 atom stereocenters. The van der Waals surface area contributed by atoms with Crippen LogP contribution in [0.3, 0.4) is 0 Å². The van der Waals surface area contributed by atoms with Gasteiger partial charge in [0.05, 0.1) is 16.9 Å². The molecule has 13 heavy (non-hydrogen) atoms. The van der Waals surface area contributed by atoms with Crippen LogP contribution in [0.4, 0.5) is 0 Å². The number of rotatable bonds is 2. The third-order valence-electron chi connectivity index (χ3n) is 1.48. The van der Waals surface area contributed by atoms with Crippen molar-refractivity contribution in [2.24, 2.45) is 0 Å². The maximum Gasteiger partial charge on any atom is 0.217 e. The molecule has 1 rings (SSSR count). The van der Waals surface area contributed by atoms with Crippen molar-refractivity contribution in [3.05, 3.63) is 0 Å². The summed E-state index contributed by atoms with van der Waals surface area (Å²) in [6, 6.07) is 0. The summed E-state index contributed by atoms with van der Waals surface area (Å²) < 4.78 is 56.0. The average molecular weight is 250 g/mol. The van der Waals surface area contributed by atoms with E-state index in [9.17, 15) is 21.4 Å². The molecular weight excluding hydrogens is 244 g/mol. The molecule has 0 amide bonds. The monoisotopic (exact) mass is 249 g/mol. The van der Waals surface area contributed by atoms with Crippen LogP contribution in [0.2, 0.25) is 0 Å². The second-order valence-electron chi connectivity index (χ2n) is 2.64. The van der Waals surface area contributed by atoms with Crippen molar-refractivity contribution in [1.82, 2.24) is 0 Å². The maximum atomic E-state index is 10.9. The second-order valence-corrected chi connectivity index (χ2v) is 6.36. The highest BCUT2D eigenvalue weighted by atomic mass is 35.5. The molecule has 1 heterocycles. The second kappa shape index (κ2) is 3.35. The van der Waals surface area contributed by atoms with Crippen LogP contribution in [0.1, 0.15) is 0 Å². The molecule has 0 aromatic rings. The molecule has 0 spiro atoms. The fourth-order valence-electron chi connectivity index (χ4n) is 1.01. The van der Waals surface area contributed by atoms with Gasteiger partial charge in [0.15, 0.2) is 9.84 Å². The summed E-state index contributed by atoms with van der Waals surface area (Å²) in [4.78, 5) is 0. The fraction of sp³-hybridized carbons (Fsp3) is 1.00. The maximum absolute atomic E-state index is 10.9. The van der Waals surface area contributed by atoms with E-state index in [4.69, 9.17) is 11.6 Å². The summed E-state index contributed by atoms with van der Waals surface area (Å²) in [5.74, 6) is -0.891. The van der Waals surface area contributed by atoms with Gasteiger partial charge in [0.25, 0.3) is 0 Å². The Kier molecular flexibility index (Phi) is 2.89. The van der Waals surface area contributed by atoms with Gasteiger partial charge in [-0.3, -0.25) is 4.18 Å². The minimum atomic E-state index is -4.89. The van der Waals surface area contributed by atoms with E-state index in [0.717, 1.165) is 0 Å². The highest BCUT2D eigenvalue weighted by Gasteiger charge is 2.38. The Morgan fingerprint density at radius 2 is 1.92 bits per heavy atom. The van der Waals surface area contributed by atoms with Crippen molar-refractivity contribution in [2.45, 2.75) is 11.5 Å². The van der Waals surface area contributed by atoms with Gasteiger partial charge in [-0.1, -0.05) is 0 Å². The van der Waals surface area contributed by atoms with E-state index in [2.05, 4.69) is 4.18 Å². The molecule has 78 valence electrons. The summed E-state index contributed by atoms with van der Waals surface area (Å²) in [6.45, 7) is 0. The lowest BCUT2D eigenvalue weighted by molar-refractivity contribution is 0.201. The van der Waals surface area contributed by atoms with E-state index in [1.54, 1.807) is 0 Å². The molecule has 6 nitrogen and oxygen atoms in total. The standard InChI is InChI=1S/C4H7ClO6S2/c5-3-1-12(6,7)2-4(3)11-13(8,9)10/h3-4H,1-2H2,(H,8,9,10)/p-1. The number of halogens is 1. The predicted molar refractivity (Wildman–Crippen MR) is 42.9 cm³/mol. The molecule has 9 heteroatoms.